The zero-order valence-electron chi connectivity index (χ0n) is 15.4. The van der Waals surface area contributed by atoms with Crippen molar-refractivity contribution in [3.63, 3.8) is 0 Å². The molecule has 0 bridgehead atoms. The van der Waals surface area contributed by atoms with Crippen LogP contribution in [0.3, 0.4) is 0 Å². The van der Waals surface area contributed by atoms with Crippen molar-refractivity contribution < 1.29 is 19.0 Å². The summed E-state index contributed by atoms with van der Waals surface area (Å²) in [7, 11) is 1.88. The third kappa shape index (κ3) is 5.52. The molecule has 144 valence electrons. The number of ether oxygens (including phenoxy) is 3. The van der Waals surface area contributed by atoms with E-state index in [0.717, 1.165) is 17.1 Å². The molecule has 1 aliphatic rings. The van der Waals surface area contributed by atoms with E-state index in [1.165, 1.54) is 0 Å². The minimum Gasteiger partial charge on any atom is -0.492 e. The molecule has 0 fully saturated rings. The quantitative estimate of drug-likeness (QED) is 0.749. The molecule has 0 unspecified atom stereocenters. The van der Waals surface area contributed by atoms with E-state index < -0.39 is 0 Å². The average Bonchev–Trinajstić information content (AvgIpc) is 3.11. The molecule has 2 aromatic carbocycles. The summed E-state index contributed by atoms with van der Waals surface area (Å²) in [5.41, 5.74) is 0.973. The SMILES string of the molecule is C[C@@H](NC(=O)CN(C)CCOc1ccc(Cl)cc1)c1ccc2c(c1)OCO2. The van der Waals surface area contributed by atoms with E-state index in [1.807, 2.05) is 49.2 Å². The fraction of sp³-hybridized carbons (Fsp3) is 0.350. The number of rotatable bonds is 8. The van der Waals surface area contributed by atoms with Gasteiger partial charge in [0.05, 0.1) is 12.6 Å². The van der Waals surface area contributed by atoms with Gasteiger partial charge in [-0.25, -0.2) is 0 Å². The van der Waals surface area contributed by atoms with E-state index in [1.54, 1.807) is 12.1 Å². The van der Waals surface area contributed by atoms with Gasteiger partial charge in [-0.05, 0) is 55.9 Å². The maximum Gasteiger partial charge on any atom is 0.234 e. The van der Waals surface area contributed by atoms with E-state index >= 15 is 0 Å². The van der Waals surface area contributed by atoms with Gasteiger partial charge in [0.2, 0.25) is 12.7 Å². The van der Waals surface area contributed by atoms with Gasteiger partial charge in [0, 0.05) is 11.6 Å². The minimum atomic E-state index is -0.120. The second-order valence-corrected chi connectivity index (χ2v) is 6.88. The number of nitrogens with one attached hydrogen (secondary N) is 1. The minimum absolute atomic E-state index is 0.0471. The Balaban J connectivity index is 1.40. The Bertz CT molecular complexity index is 782. The highest BCUT2D eigenvalue weighted by Gasteiger charge is 2.17. The Labute approximate surface area is 164 Å². The lowest BCUT2D eigenvalue weighted by molar-refractivity contribution is -0.122. The lowest BCUT2D eigenvalue weighted by Gasteiger charge is -2.19. The Morgan fingerprint density at radius 1 is 1.22 bits per heavy atom. The lowest BCUT2D eigenvalue weighted by Crippen LogP contribution is -2.38. The molecule has 3 rings (SSSR count). The summed E-state index contributed by atoms with van der Waals surface area (Å²) in [4.78, 5) is 14.2. The first-order chi connectivity index (χ1) is 13.0. The maximum atomic E-state index is 12.3. The van der Waals surface area contributed by atoms with Crippen LogP contribution < -0.4 is 19.5 Å². The van der Waals surface area contributed by atoms with Crippen LogP contribution >= 0.6 is 11.6 Å². The zero-order valence-corrected chi connectivity index (χ0v) is 16.2. The highest BCUT2D eigenvalue weighted by atomic mass is 35.5. The van der Waals surface area contributed by atoms with E-state index in [-0.39, 0.29) is 18.7 Å². The van der Waals surface area contributed by atoms with E-state index in [2.05, 4.69) is 5.32 Å². The van der Waals surface area contributed by atoms with Crippen LogP contribution in [0.25, 0.3) is 0 Å². The molecule has 1 atom stereocenters. The molecule has 1 aliphatic heterocycles. The van der Waals surface area contributed by atoms with Crippen LogP contribution in [0.1, 0.15) is 18.5 Å². The number of likely N-dealkylation sites (N-methyl/N-ethyl adjacent to an activating group) is 1. The second-order valence-electron chi connectivity index (χ2n) is 6.44. The summed E-state index contributed by atoms with van der Waals surface area (Å²) in [6, 6.07) is 12.8. The zero-order chi connectivity index (χ0) is 19.2. The van der Waals surface area contributed by atoms with Gasteiger partial charge < -0.3 is 19.5 Å². The summed E-state index contributed by atoms with van der Waals surface area (Å²) >= 11 is 5.85. The first kappa shape index (κ1) is 19.3. The highest BCUT2D eigenvalue weighted by molar-refractivity contribution is 6.30. The molecule has 0 radical (unpaired) electrons. The largest absolute Gasteiger partial charge is 0.492 e. The van der Waals surface area contributed by atoms with Crippen LogP contribution in [0.15, 0.2) is 42.5 Å². The van der Waals surface area contributed by atoms with Gasteiger partial charge >= 0.3 is 0 Å². The van der Waals surface area contributed by atoms with Crippen molar-refractivity contribution in [3.8, 4) is 17.2 Å². The van der Waals surface area contributed by atoms with Crippen molar-refractivity contribution in [2.45, 2.75) is 13.0 Å². The highest BCUT2D eigenvalue weighted by Crippen LogP contribution is 2.34. The summed E-state index contributed by atoms with van der Waals surface area (Å²) in [6.45, 7) is 3.60. The molecule has 0 aromatic heterocycles. The molecule has 7 heteroatoms. The third-order valence-corrected chi connectivity index (χ3v) is 4.49. The van der Waals surface area contributed by atoms with Gasteiger partial charge in [0.25, 0.3) is 0 Å². The van der Waals surface area contributed by atoms with Gasteiger partial charge in [0.1, 0.15) is 12.4 Å². The van der Waals surface area contributed by atoms with E-state index in [4.69, 9.17) is 25.8 Å². The van der Waals surface area contributed by atoms with Crippen molar-refractivity contribution >= 4 is 17.5 Å². The molecule has 27 heavy (non-hydrogen) atoms. The Hall–Kier alpha value is -2.44. The van der Waals surface area contributed by atoms with E-state index in [0.29, 0.717) is 30.5 Å². The van der Waals surface area contributed by atoms with Crippen molar-refractivity contribution in [1.82, 2.24) is 10.2 Å². The molecular weight excluding hydrogens is 368 g/mol. The predicted octanol–water partition coefficient (Wildman–Crippen LogP) is 3.26. The van der Waals surface area contributed by atoms with Crippen LogP contribution in [-0.2, 0) is 4.79 Å². The van der Waals surface area contributed by atoms with Crippen LogP contribution in [-0.4, -0.2) is 44.3 Å². The fourth-order valence-corrected chi connectivity index (χ4v) is 2.85. The Morgan fingerprint density at radius 3 is 2.74 bits per heavy atom. The lowest BCUT2D eigenvalue weighted by atomic mass is 10.1. The molecule has 1 heterocycles. The predicted molar refractivity (Wildman–Crippen MR) is 104 cm³/mol. The molecule has 0 aliphatic carbocycles. The van der Waals surface area contributed by atoms with Crippen molar-refractivity contribution in [3.05, 3.63) is 53.1 Å². The molecule has 0 spiro atoms. The van der Waals surface area contributed by atoms with Crippen LogP contribution in [0.5, 0.6) is 17.2 Å². The van der Waals surface area contributed by atoms with E-state index in [9.17, 15) is 4.79 Å². The number of hydrogen-bond acceptors (Lipinski definition) is 5. The number of fused-ring (bicyclic) bond motifs is 1. The first-order valence-corrected chi connectivity index (χ1v) is 9.15. The van der Waals surface area contributed by atoms with Gasteiger partial charge in [0.15, 0.2) is 11.5 Å². The average molecular weight is 391 g/mol. The summed E-state index contributed by atoms with van der Waals surface area (Å²) in [6.07, 6.45) is 0. The van der Waals surface area contributed by atoms with Crippen molar-refractivity contribution in [2.75, 3.05) is 33.5 Å². The first-order valence-electron chi connectivity index (χ1n) is 8.77. The van der Waals surface area contributed by atoms with Gasteiger partial charge in [-0.2, -0.15) is 0 Å². The van der Waals surface area contributed by atoms with Crippen LogP contribution in [0.2, 0.25) is 5.02 Å². The number of amides is 1. The standard InChI is InChI=1S/C20H23ClN2O4/c1-14(15-3-8-18-19(11-15)27-13-26-18)22-20(24)12-23(2)9-10-25-17-6-4-16(21)5-7-17/h3-8,11,14H,9-10,12-13H2,1-2H3,(H,22,24)/t14-/m1/s1. The number of halogens is 1. The summed E-state index contributed by atoms with van der Waals surface area (Å²) < 4.78 is 16.3. The van der Waals surface area contributed by atoms with Crippen molar-refractivity contribution in [1.29, 1.82) is 0 Å². The fourth-order valence-electron chi connectivity index (χ4n) is 2.73. The molecule has 0 saturated carbocycles. The van der Waals surface area contributed by atoms with Gasteiger partial charge in [-0.3, -0.25) is 9.69 Å². The number of nitrogens with zero attached hydrogens (tertiary/aromatic N) is 1. The van der Waals surface area contributed by atoms with Gasteiger partial charge in [-0.15, -0.1) is 0 Å². The number of carbonyl (C=O) groups is 1. The molecule has 0 saturated heterocycles. The topological polar surface area (TPSA) is 60.0 Å². The molecule has 1 N–H and O–H groups in total. The summed E-state index contributed by atoms with van der Waals surface area (Å²) in [5.74, 6) is 2.16. The maximum absolute atomic E-state index is 12.3. The molecular formula is C20H23ClN2O4. The Kier molecular flexibility index (Phi) is 6.42. The second kappa shape index (κ2) is 8.97. The van der Waals surface area contributed by atoms with Crippen LogP contribution in [0, 0.1) is 0 Å². The smallest absolute Gasteiger partial charge is 0.234 e. The third-order valence-electron chi connectivity index (χ3n) is 4.24. The molecule has 6 nitrogen and oxygen atoms in total. The van der Waals surface area contributed by atoms with Gasteiger partial charge in [-0.1, -0.05) is 17.7 Å². The monoisotopic (exact) mass is 390 g/mol. The van der Waals surface area contributed by atoms with Crippen molar-refractivity contribution in [2.24, 2.45) is 0 Å². The summed E-state index contributed by atoms with van der Waals surface area (Å²) in [5, 5.41) is 3.67. The van der Waals surface area contributed by atoms with Crippen LogP contribution in [0.4, 0.5) is 0 Å². The number of hydrogen-bond donors (Lipinski definition) is 1. The normalized spacial score (nSPS) is 13.5. The Morgan fingerprint density at radius 2 is 1.96 bits per heavy atom. The number of carbonyl (C=O) groups excluding carboxylic acids is 1. The molecule has 1 amide bonds. The molecule has 2 aromatic rings. The number of benzene rings is 2.